The van der Waals surface area contributed by atoms with Gasteiger partial charge < -0.3 is 18.8 Å². The first-order chi connectivity index (χ1) is 12.2. The largest absolute Gasteiger partial charge is 0.497 e. The summed E-state index contributed by atoms with van der Waals surface area (Å²) in [5.74, 6) is 1.42. The van der Waals surface area contributed by atoms with Gasteiger partial charge >= 0.3 is 7.12 Å². The van der Waals surface area contributed by atoms with Crippen LogP contribution in [-0.4, -0.2) is 25.4 Å². The third kappa shape index (κ3) is 3.85. The molecule has 26 heavy (non-hydrogen) atoms. The molecule has 1 aliphatic heterocycles. The third-order valence-electron chi connectivity index (χ3n) is 5.03. The van der Waals surface area contributed by atoms with Gasteiger partial charge in [0.05, 0.1) is 23.3 Å². The Kier molecular flexibility index (Phi) is 5.24. The first kappa shape index (κ1) is 19.1. The molecule has 1 heterocycles. The van der Waals surface area contributed by atoms with Crippen LogP contribution >= 0.6 is 11.6 Å². The Balaban J connectivity index is 1.74. The van der Waals surface area contributed by atoms with Crippen molar-refractivity contribution in [1.29, 1.82) is 0 Å². The van der Waals surface area contributed by atoms with Crippen molar-refractivity contribution < 1.29 is 18.8 Å². The fraction of sp³-hybridized carbons (Fsp3) is 0.400. The molecule has 1 fully saturated rings. The summed E-state index contributed by atoms with van der Waals surface area (Å²) >= 11 is 6.30. The average molecular weight is 375 g/mol. The van der Waals surface area contributed by atoms with Crippen LogP contribution in [0.15, 0.2) is 42.5 Å². The Hall–Kier alpha value is -1.69. The topological polar surface area (TPSA) is 36.9 Å². The molecule has 0 N–H and O–H groups in total. The molecule has 1 saturated heterocycles. The molecule has 0 saturated carbocycles. The zero-order valence-electron chi connectivity index (χ0n) is 15.8. The summed E-state index contributed by atoms with van der Waals surface area (Å²) in [4.78, 5) is 0. The lowest BCUT2D eigenvalue weighted by atomic mass is 9.79. The van der Waals surface area contributed by atoms with E-state index in [0.717, 1.165) is 16.8 Å². The highest BCUT2D eigenvalue weighted by Crippen LogP contribution is 2.37. The van der Waals surface area contributed by atoms with Crippen molar-refractivity contribution in [2.24, 2.45) is 0 Å². The molecule has 0 radical (unpaired) electrons. The SMILES string of the molecule is COc1ccc(COc2cc(B3OC(C)(C)C(C)(C)O3)ccc2Cl)cc1. The molecular weight excluding hydrogens is 350 g/mol. The van der Waals surface area contributed by atoms with Crippen molar-refractivity contribution >= 4 is 24.2 Å². The predicted molar refractivity (Wildman–Crippen MR) is 104 cm³/mol. The van der Waals surface area contributed by atoms with E-state index in [0.29, 0.717) is 17.4 Å². The highest BCUT2D eigenvalue weighted by Gasteiger charge is 2.51. The van der Waals surface area contributed by atoms with Crippen molar-refractivity contribution in [3.8, 4) is 11.5 Å². The van der Waals surface area contributed by atoms with Crippen LogP contribution in [0.2, 0.25) is 5.02 Å². The molecule has 6 heteroatoms. The van der Waals surface area contributed by atoms with E-state index in [-0.39, 0.29) is 11.2 Å². The molecule has 0 unspecified atom stereocenters. The summed E-state index contributed by atoms with van der Waals surface area (Å²) in [7, 11) is 1.20. The first-order valence-corrected chi connectivity index (χ1v) is 9.00. The van der Waals surface area contributed by atoms with E-state index in [1.807, 2.05) is 70.2 Å². The van der Waals surface area contributed by atoms with Gasteiger partial charge in [-0.1, -0.05) is 29.8 Å². The zero-order chi connectivity index (χ0) is 18.9. The molecule has 0 aliphatic carbocycles. The molecule has 2 aromatic rings. The Morgan fingerprint density at radius 2 is 1.58 bits per heavy atom. The summed E-state index contributed by atoms with van der Waals surface area (Å²) in [5.41, 5.74) is 1.14. The monoisotopic (exact) mass is 374 g/mol. The fourth-order valence-electron chi connectivity index (χ4n) is 2.64. The molecule has 0 spiro atoms. The summed E-state index contributed by atoms with van der Waals surface area (Å²) in [5, 5.41) is 0.554. The minimum Gasteiger partial charge on any atom is -0.497 e. The molecule has 1 aliphatic rings. The van der Waals surface area contributed by atoms with E-state index in [1.54, 1.807) is 7.11 Å². The number of hydrogen-bond donors (Lipinski definition) is 0. The van der Waals surface area contributed by atoms with Crippen LogP contribution in [0.3, 0.4) is 0 Å². The quantitative estimate of drug-likeness (QED) is 0.734. The van der Waals surface area contributed by atoms with Gasteiger partial charge in [0.25, 0.3) is 0 Å². The minimum atomic E-state index is -0.444. The van der Waals surface area contributed by atoms with Crippen LogP contribution in [0, 0.1) is 0 Å². The summed E-state index contributed by atoms with van der Waals surface area (Å²) in [6.07, 6.45) is 0. The lowest BCUT2D eigenvalue weighted by Gasteiger charge is -2.32. The van der Waals surface area contributed by atoms with Crippen LogP contribution in [0.4, 0.5) is 0 Å². The van der Waals surface area contributed by atoms with E-state index < -0.39 is 7.12 Å². The second-order valence-electron chi connectivity index (χ2n) is 7.41. The predicted octanol–water partition coefficient (Wildman–Crippen LogP) is 4.23. The second-order valence-corrected chi connectivity index (χ2v) is 7.82. The van der Waals surface area contributed by atoms with Gasteiger partial charge in [0.15, 0.2) is 0 Å². The summed E-state index contributed by atoms with van der Waals surface area (Å²) < 4.78 is 23.3. The van der Waals surface area contributed by atoms with Gasteiger partial charge in [-0.2, -0.15) is 0 Å². The smallest absolute Gasteiger partial charge is 0.494 e. The Morgan fingerprint density at radius 1 is 0.962 bits per heavy atom. The Bertz CT molecular complexity index is 758. The van der Waals surface area contributed by atoms with Gasteiger partial charge in [-0.25, -0.2) is 0 Å². The van der Waals surface area contributed by atoms with Gasteiger partial charge in [-0.15, -0.1) is 0 Å². The van der Waals surface area contributed by atoms with Gasteiger partial charge in [0.2, 0.25) is 0 Å². The van der Waals surface area contributed by atoms with Gasteiger partial charge in [0.1, 0.15) is 18.1 Å². The lowest BCUT2D eigenvalue weighted by molar-refractivity contribution is 0.00578. The van der Waals surface area contributed by atoms with E-state index in [2.05, 4.69) is 0 Å². The van der Waals surface area contributed by atoms with E-state index in [1.165, 1.54) is 0 Å². The lowest BCUT2D eigenvalue weighted by Crippen LogP contribution is -2.41. The highest BCUT2D eigenvalue weighted by atomic mass is 35.5. The van der Waals surface area contributed by atoms with Gasteiger partial charge in [-0.05, 0) is 63.0 Å². The maximum absolute atomic E-state index is 6.30. The normalized spacial score (nSPS) is 18.0. The fourth-order valence-corrected chi connectivity index (χ4v) is 2.81. The second kappa shape index (κ2) is 7.14. The minimum absolute atomic E-state index is 0.387. The maximum atomic E-state index is 6.30. The van der Waals surface area contributed by atoms with Crippen molar-refractivity contribution in [2.75, 3.05) is 7.11 Å². The third-order valence-corrected chi connectivity index (χ3v) is 5.35. The maximum Gasteiger partial charge on any atom is 0.494 e. The number of hydrogen-bond acceptors (Lipinski definition) is 4. The number of benzene rings is 2. The van der Waals surface area contributed by atoms with E-state index in [4.69, 9.17) is 30.4 Å². The van der Waals surface area contributed by atoms with Crippen molar-refractivity contribution in [1.82, 2.24) is 0 Å². The summed E-state index contributed by atoms with van der Waals surface area (Å²) in [6, 6.07) is 13.3. The molecule has 0 atom stereocenters. The van der Waals surface area contributed by atoms with Crippen LogP contribution < -0.4 is 14.9 Å². The highest BCUT2D eigenvalue weighted by molar-refractivity contribution is 6.62. The molecule has 0 amide bonds. The number of rotatable bonds is 5. The van der Waals surface area contributed by atoms with Crippen molar-refractivity contribution in [3.63, 3.8) is 0 Å². The Morgan fingerprint density at radius 3 is 2.15 bits per heavy atom. The van der Waals surface area contributed by atoms with Crippen LogP contribution in [-0.2, 0) is 15.9 Å². The number of ether oxygens (including phenoxy) is 2. The first-order valence-electron chi connectivity index (χ1n) is 8.63. The molecule has 0 bridgehead atoms. The van der Waals surface area contributed by atoms with Gasteiger partial charge in [-0.3, -0.25) is 0 Å². The molecular formula is C20H24BClO4. The summed E-state index contributed by atoms with van der Waals surface area (Å²) in [6.45, 7) is 8.54. The molecule has 138 valence electrons. The standard InChI is InChI=1S/C20H24BClO4/c1-19(2)20(3,4)26-21(25-19)15-8-11-17(22)18(12-15)24-13-14-6-9-16(23-5)10-7-14/h6-12H,13H2,1-5H3. The molecule has 3 rings (SSSR count). The number of methoxy groups -OCH3 is 1. The average Bonchev–Trinajstić information content (AvgIpc) is 2.82. The molecule has 2 aromatic carbocycles. The Labute approximate surface area is 160 Å². The zero-order valence-corrected chi connectivity index (χ0v) is 16.6. The van der Waals surface area contributed by atoms with Gasteiger partial charge in [0, 0.05) is 0 Å². The van der Waals surface area contributed by atoms with E-state index in [9.17, 15) is 0 Å². The van der Waals surface area contributed by atoms with Crippen LogP contribution in [0.25, 0.3) is 0 Å². The number of halogens is 1. The molecule has 4 nitrogen and oxygen atoms in total. The van der Waals surface area contributed by atoms with Crippen LogP contribution in [0.5, 0.6) is 11.5 Å². The molecule has 0 aromatic heterocycles. The van der Waals surface area contributed by atoms with Crippen LogP contribution in [0.1, 0.15) is 33.3 Å². The van der Waals surface area contributed by atoms with Crippen molar-refractivity contribution in [3.05, 3.63) is 53.1 Å². The van der Waals surface area contributed by atoms with Crippen molar-refractivity contribution in [2.45, 2.75) is 45.5 Å². The van der Waals surface area contributed by atoms with E-state index >= 15 is 0 Å².